The van der Waals surface area contributed by atoms with E-state index < -0.39 is 11.9 Å². The van der Waals surface area contributed by atoms with Gasteiger partial charge in [0, 0.05) is 18.0 Å². The zero-order chi connectivity index (χ0) is 18.6. The second-order valence-electron chi connectivity index (χ2n) is 6.43. The molecule has 5 nitrogen and oxygen atoms in total. The summed E-state index contributed by atoms with van der Waals surface area (Å²) in [7, 11) is 0. The van der Waals surface area contributed by atoms with Crippen molar-refractivity contribution in [3.63, 3.8) is 0 Å². The number of hydrogen-bond acceptors (Lipinski definition) is 3. The Kier molecular flexibility index (Phi) is 4.68. The minimum atomic E-state index is -0.634. The molecule has 1 amide bonds. The lowest BCUT2D eigenvalue weighted by atomic mass is 10.0. The van der Waals surface area contributed by atoms with Gasteiger partial charge in [-0.15, -0.1) is 0 Å². The molecule has 3 aromatic carbocycles. The van der Waals surface area contributed by atoms with Gasteiger partial charge in [0.15, 0.2) is 0 Å². The van der Waals surface area contributed by atoms with Crippen molar-refractivity contribution in [3.8, 4) is 11.1 Å². The zero-order valence-corrected chi connectivity index (χ0v) is 14.6. The van der Waals surface area contributed by atoms with E-state index >= 15 is 0 Å². The molecule has 0 aliphatic heterocycles. The fraction of sp³-hybridized carbons (Fsp3) is 0.0909. The first kappa shape index (κ1) is 17.0. The maximum Gasteiger partial charge on any atom is 0.268 e. The summed E-state index contributed by atoms with van der Waals surface area (Å²) in [5.74, 6) is -0.491. The van der Waals surface area contributed by atoms with Crippen LogP contribution in [0.15, 0.2) is 85.1 Å². The van der Waals surface area contributed by atoms with Crippen LogP contribution >= 0.6 is 0 Å². The predicted octanol–water partition coefficient (Wildman–Crippen LogP) is 3.99. The smallest absolute Gasteiger partial charge is 0.268 e. The van der Waals surface area contributed by atoms with E-state index in [4.69, 9.17) is 0 Å². The Morgan fingerprint density at radius 2 is 1.67 bits per heavy atom. The van der Waals surface area contributed by atoms with Gasteiger partial charge >= 0.3 is 0 Å². The lowest BCUT2D eigenvalue weighted by Crippen LogP contribution is -2.32. The average Bonchev–Trinajstić information content (AvgIpc) is 3.16. The summed E-state index contributed by atoms with van der Waals surface area (Å²) in [5, 5.41) is 14.7. The standard InChI is InChI=1S/C22H19N3O2/c26-22(24-27)21(13-16-7-3-1-4-8-16)25-15-19-14-18(11-12-20(19)23-25)17-9-5-2-6-10-17/h1-12,14-15,21,27H,13H2,(H,24,26). The van der Waals surface area contributed by atoms with Gasteiger partial charge in [0.25, 0.3) is 5.91 Å². The summed E-state index contributed by atoms with van der Waals surface area (Å²) in [6.07, 6.45) is 2.29. The number of rotatable bonds is 5. The van der Waals surface area contributed by atoms with E-state index in [9.17, 15) is 10.0 Å². The topological polar surface area (TPSA) is 67.2 Å². The van der Waals surface area contributed by atoms with E-state index in [2.05, 4.69) is 23.3 Å². The number of benzene rings is 3. The molecule has 1 atom stereocenters. The highest BCUT2D eigenvalue weighted by Crippen LogP contribution is 2.25. The molecule has 4 rings (SSSR count). The van der Waals surface area contributed by atoms with Gasteiger partial charge in [-0.2, -0.15) is 5.10 Å². The summed E-state index contributed by atoms with van der Waals surface area (Å²) in [6, 6.07) is 25.2. The van der Waals surface area contributed by atoms with Gasteiger partial charge in [0.2, 0.25) is 0 Å². The van der Waals surface area contributed by atoms with Crippen LogP contribution in [0, 0.1) is 0 Å². The number of nitrogens with zero attached hydrogens (tertiary/aromatic N) is 2. The first-order chi connectivity index (χ1) is 13.2. The molecule has 1 unspecified atom stereocenters. The number of amides is 1. The molecule has 1 aromatic heterocycles. The lowest BCUT2D eigenvalue weighted by Gasteiger charge is -2.15. The molecule has 1 heterocycles. The highest BCUT2D eigenvalue weighted by Gasteiger charge is 2.22. The van der Waals surface area contributed by atoms with Crippen LogP contribution in [0.25, 0.3) is 22.0 Å². The predicted molar refractivity (Wildman–Crippen MR) is 104 cm³/mol. The molecular formula is C22H19N3O2. The number of carbonyl (C=O) groups is 1. The molecule has 0 aliphatic rings. The van der Waals surface area contributed by atoms with Crippen molar-refractivity contribution in [1.29, 1.82) is 0 Å². The van der Waals surface area contributed by atoms with Crippen LogP contribution in [0.3, 0.4) is 0 Å². The third-order valence-corrected chi connectivity index (χ3v) is 4.63. The molecule has 27 heavy (non-hydrogen) atoms. The van der Waals surface area contributed by atoms with Gasteiger partial charge in [-0.25, -0.2) is 5.48 Å². The number of carbonyl (C=O) groups excluding carboxylic acids is 1. The van der Waals surface area contributed by atoms with E-state index in [1.807, 2.05) is 66.9 Å². The molecule has 4 aromatic rings. The molecule has 0 aliphatic carbocycles. The van der Waals surface area contributed by atoms with Crippen LogP contribution in [0.1, 0.15) is 11.6 Å². The molecule has 0 radical (unpaired) electrons. The molecule has 0 saturated carbocycles. The number of hydrogen-bond donors (Lipinski definition) is 2. The van der Waals surface area contributed by atoms with Crippen LogP contribution in [-0.4, -0.2) is 20.9 Å². The zero-order valence-electron chi connectivity index (χ0n) is 14.6. The maximum absolute atomic E-state index is 12.3. The third-order valence-electron chi connectivity index (χ3n) is 4.63. The second kappa shape index (κ2) is 7.43. The molecule has 0 saturated heterocycles. The summed E-state index contributed by atoms with van der Waals surface area (Å²) in [5.41, 5.74) is 5.78. The van der Waals surface area contributed by atoms with Crippen LogP contribution in [0.2, 0.25) is 0 Å². The SMILES string of the molecule is O=C(NO)C(Cc1ccccc1)n1cc2cc(-c3ccccc3)ccc2n1. The van der Waals surface area contributed by atoms with Crippen molar-refractivity contribution < 1.29 is 10.0 Å². The van der Waals surface area contributed by atoms with Crippen molar-refractivity contribution in [3.05, 3.63) is 90.6 Å². The summed E-state index contributed by atoms with van der Waals surface area (Å²) in [6.45, 7) is 0. The molecule has 5 heteroatoms. The van der Waals surface area contributed by atoms with Gasteiger partial charge in [0.05, 0.1) is 5.52 Å². The van der Waals surface area contributed by atoms with Crippen molar-refractivity contribution in [2.45, 2.75) is 12.5 Å². The number of aromatic nitrogens is 2. The molecule has 134 valence electrons. The van der Waals surface area contributed by atoms with E-state index in [-0.39, 0.29) is 0 Å². The monoisotopic (exact) mass is 357 g/mol. The number of hydroxylamine groups is 1. The molecule has 0 spiro atoms. The first-order valence-electron chi connectivity index (χ1n) is 8.77. The highest BCUT2D eigenvalue weighted by molar-refractivity contribution is 5.85. The Balaban J connectivity index is 1.71. The number of fused-ring (bicyclic) bond motifs is 1. The van der Waals surface area contributed by atoms with Crippen molar-refractivity contribution in [2.24, 2.45) is 0 Å². The maximum atomic E-state index is 12.3. The molecule has 2 N–H and O–H groups in total. The van der Waals surface area contributed by atoms with E-state index in [1.54, 1.807) is 10.2 Å². The van der Waals surface area contributed by atoms with E-state index in [0.717, 1.165) is 27.6 Å². The fourth-order valence-corrected chi connectivity index (χ4v) is 3.23. The van der Waals surface area contributed by atoms with Crippen LogP contribution in [-0.2, 0) is 11.2 Å². The van der Waals surface area contributed by atoms with Crippen LogP contribution < -0.4 is 5.48 Å². The van der Waals surface area contributed by atoms with E-state index in [1.165, 1.54) is 0 Å². The third kappa shape index (κ3) is 3.59. The van der Waals surface area contributed by atoms with Gasteiger partial charge in [-0.3, -0.25) is 14.7 Å². The quantitative estimate of drug-likeness (QED) is 0.419. The van der Waals surface area contributed by atoms with E-state index in [0.29, 0.717) is 6.42 Å². The Morgan fingerprint density at radius 1 is 0.963 bits per heavy atom. The fourth-order valence-electron chi connectivity index (χ4n) is 3.23. The van der Waals surface area contributed by atoms with Gasteiger partial charge in [0.1, 0.15) is 6.04 Å². The van der Waals surface area contributed by atoms with Gasteiger partial charge < -0.3 is 0 Å². The van der Waals surface area contributed by atoms with Crippen molar-refractivity contribution in [2.75, 3.05) is 0 Å². The lowest BCUT2D eigenvalue weighted by molar-refractivity contribution is -0.132. The van der Waals surface area contributed by atoms with Crippen molar-refractivity contribution in [1.82, 2.24) is 15.3 Å². The Labute approximate surface area is 156 Å². The highest BCUT2D eigenvalue weighted by atomic mass is 16.5. The normalized spacial score (nSPS) is 12.0. The first-order valence-corrected chi connectivity index (χ1v) is 8.77. The molecule has 0 bridgehead atoms. The Bertz CT molecular complexity index is 1060. The minimum absolute atomic E-state index is 0.437. The summed E-state index contributed by atoms with van der Waals surface area (Å²) >= 11 is 0. The summed E-state index contributed by atoms with van der Waals surface area (Å²) < 4.78 is 1.62. The molecule has 0 fully saturated rings. The minimum Gasteiger partial charge on any atom is -0.289 e. The van der Waals surface area contributed by atoms with Gasteiger partial charge in [-0.1, -0.05) is 66.7 Å². The largest absolute Gasteiger partial charge is 0.289 e. The van der Waals surface area contributed by atoms with Crippen LogP contribution in [0.5, 0.6) is 0 Å². The van der Waals surface area contributed by atoms with Crippen LogP contribution in [0.4, 0.5) is 0 Å². The average molecular weight is 357 g/mol. The second-order valence-corrected chi connectivity index (χ2v) is 6.43. The summed E-state index contributed by atoms with van der Waals surface area (Å²) in [4.78, 5) is 12.3. The Hall–Kier alpha value is -3.44. The number of nitrogens with one attached hydrogen (secondary N) is 1. The van der Waals surface area contributed by atoms with Gasteiger partial charge in [-0.05, 0) is 28.8 Å². The Morgan fingerprint density at radius 3 is 2.37 bits per heavy atom. The van der Waals surface area contributed by atoms with Crippen molar-refractivity contribution >= 4 is 16.8 Å². The molecular weight excluding hydrogens is 338 g/mol.